The van der Waals surface area contributed by atoms with E-state index in [1.165, 1.54) is 7.05 Å². The number of rotatable bonds is 3. The summed E-state index contributed by atoms with van der Waals surface area (Å²) in [4.78, 5) is 39.0. The van der Waals surface area contributed by atoms with Gasteiger partial charge in [-0.2, -0.15) is 0 Å². The fourth-order valence-electron chi connectivity index (χ4n) is 2.70. The summed E-state index contributed by atoms with van der Waals surface area (Å²) >= 11 is 0. The van der Waals surface area contributed by atoms with Crippen LogP contribution in [0.25, 0.3) is 0 Å². The first-order valence-electron chi connectivity index (χ1n) is 7.24. The van der Waals surface area contributed by atoms with Gasteiger partial charge in [-0.15, -0.1) is 0 Å². The Hall–Kier alpha value is -1.67. The van der Waals surface area contributed by atoms with E-state index in [2.05, 4.69) is 10.6 Å². The molecule has 0 spiro atoms. The molecule has 0 aliphatic carbocycles. The summed E-state index contributed by atoms with van der Waals surface area (Å²) in [6.45, 7) is 3.10. The molecule has 0 aromatic rings. The first-order chi connectivity index (χ1) is 10.1. The number of imide groups is 1. The van der Waals surface area contributed by atoms with Crippen LogP contribution in [-0.4, -0.2) is 80.1 Å². The number of nitrogens with one attached hydrogen (secondary N) is 2. The molecule has 0 radical (unpaired) electrons. The van der Waals surface area contributed by atoms with Crippen LogP contribution in [0.2, 0.25) is 0 Å². The van der Waals surface area contributed by atoms with Gasteiger partial charge in [-0.1, -0.05) is 0 Å². The van der Waals surface area contributed by atoms with E-state index in [0.29, 0.717) is 32.8 Å². The number of carbonyl (C=O) groups excluding carboxylic acids is 3. The topological polar surface area (TPSA) is 91.0 Å². The molecule has 0 bridgehead atoms. The van der Waals surface area contributed by atoms with E-state index in [1.54, 1.807) is 4.90 Å². The van der Waals surface area contributed by atoms with Crippen LogP contribution in [0, 0.1) is 0 Å². The number of nitrogens with zero attached hydrogens (tertiary/aromatic N) is 2. The van der Waals surface area contributed by atoms with Gasteiger partial charge in [0.1, 0.15) is 0 Å². The largest absolute Gasteiger partial charge is 0.378 e. The van der Waals surface area contributed by atoms with Crippen molar-refractivity contribution in [1.82, 2.24) is 20.4 Å². The van der Waals surface area contributed by atoms with Gasteiger partial charge in [-0.25, -0.2) is 4.79 Å². The number of hydrogen-bond donors (Lipinski definition) is 2. The number of carbonyl (C=O) groups is 3. The van der Waals surface area contributed by atoms with Crippen molar-refractivity contribution in [2.45, 2.75) is 18.9 Å². The molecule has 2 fully saturated rings. The van der Waals surface area contributed by atoms with Crippen molar-refractivity contribution in [2.75, 3.05) is 46.4 Å². The van der Waals surface area contributed by atoms with Crippen LogP contribution in [0.5, 0.6) is 0 Å². The van der Waals surface area contributed by atoms with Crippen LogP contribution in [0.3, 0.4) is 0 Å². The van der Waals surface area contributed by atoms with Gasteiger partial charge in [0.05, 0.1) is 25.8 Å². The van der Waals surface area contributed by atoms with Crippen molar-refractivity contribution < 1.29 is 19.1 Å². The smallest absolute Gasteiger partial charge is 0.321 e. The predicted molar refractivity (Wildman–Crippen MR) is 74.6 cm³/mol. The predicted octanol–water partition coefficient (Wildman–Crippen LogP) is -1.23. The minimum atomic E-state index is -0.532. The Morgan fingerprint density at radius 2 is 1.90 bits per heavy atom. The lowest BCUT2D eigenvalue weighted by atomic mass is 10.2. The van der Waals surface area contributed by atoms with Gasteiger partial charge in [-0.3, -0.25) is 19.8 Å². The SMILES string of the molecule is CNC(=O)NC(=O)CN1CCC[C@H]1C(=O)N1CCOCC1. The molecule has 118 valence electrons. The van der Waals surface area contributed by atoms with Gasteiger partial charge in [0.15, 0.2) is 0 Å². The second-order valence-electron chi connectivity index (χ2n) is 5.19. The molecule has 2 aliphatic heterocycles. The van der Waals surface area contributed by atoms with Gasteiger partial charge in [0.2, 0.25) is 11.8 Å². The van der Waals surface area contributed by atoms with Gasteiger partial charge in [0, 0.05) is 20.1 Å². The van der Waals surface area contributed by atoms with E-state index in [1.807, 2.05) is 4.90 Å². The van der Waals surface area contributed by atoms with E-state index in [-0.39, 0.29) is 18.5 Å². The minimum Gasteiger partial charge on any atom is -0.378 e. The van der Waals surface area contributed by atoms with Crippen molar-refractivity contribution in [1.29, 1.82) is 0 Å². The highest BCUT2D eigenvalue weighted by atomic mass is 16.5. The maximum absolute atomic E-state index is 12.5. The zero-order valence-electron chi connectivity index (χ0n) is 12.3. The molecule has 2 rings (SSSR count). The monoisotopic (exact) mass is 298 g/mol. The lowest BCUT2D eigenvalue weighted by Gasteiger charge is -2.32. The lowest BCUT2D eigenvalue weighted by molar-refractivity contribution is -0.140. The zero-order chi connectivity index (χ0) is 15.2. The summed E-state index contributed by atoms with van der Waals surface area (Å²) < 4.78 is 5.24. The quantitative estimate of drug-likeness (QED) is 0.680. The molecule has 0 saturated carbocycles. The molecule has 21 heavy (non-hydrogen) atoms. The van der Waals surface area contributed by atoms with E-state index in [0.717, 1.165) is 12.8 Å². The van der Waals surface area contributed by atoms with Crippen molar-refractivity contribution in [2.24, 2.45) is 0 Å². The zero-order valence-corrected chi connectivity index (χ0v) is 12.3. The number of hydrogen-bond acceptors (Lipinski definition) is 5. The van der Waals surface area contributed by atoms with Crippen molar-refractivity contribution in [3.63, 3.8) is 0 Å². The van der Waals surface area contributed by atoms with Crippen molar-refractivity contribution >= 4 is 17.8 Å². The Bertz CT molecular complexity index is 409. The molecule has 1 atom stereocenters. The molecule has 2 heterocycles. The van der Waals surface area contributed by atoms with E-state index >= 15 is 0 Å². The summed E-state index contributed by atoms with van der Waals surface area (Å²) in [6.07, 6.45) is 1.64. The third-order valence-electron chi connectivity index (χ3n) is 3.80. The van der Waals surface area contributed by atoms with Gasteiger partial charge in [-0.05, 0) is 19.4 Å². The highest BCUT2D eigenvalue weighted by molar-refractivity contribution is 5.95. The van der Waals surface area contributed by atoms with Crippen LogP contribution >= 0.6 is 0 Å². The number of urea groups is 1. The molecule has 0 aromatic carbocycles. The van der Waals surface area contributed by atoms with Crippen LogP contribution in [-0.2, 0) is 14.3 Å². The Kier molecular flexibility index (Phi) is 5.51. The third-order valence-corrected chi connectivity index (χ3v) is 3.80. The average Bonchev–Trinajstić information content (AvgIpc) is 2.95. The normalized spacial score (nSPS) is 22.9. The summed E-state index contributed by atoms with van der Waals surface area (Å²) in [5, 5.41) is 4.55. The van der Waals surface area contributed by atoms with Crippen LogP contribution in [0.15, 0.2) is 0 Å². The third kappa shape index (κ3) is 4.15. The molecule has 0 aromatic heterocycles. The van der Waals surface area contributed by atoms with Gasteiger partial charge < -0.3 is 15.0 Å². The Balaban J connectivity index is 1.88. The molecular weight excluding hydrogens is 276 g/mol. The molecule has 0 unspecified atom stereocenters. The summed E-state index contributed by atoms with van der Waals surface area (Å²) in [7, 11) is 1.45. The lowest BCUT2D eigenvalue weighted by Crippen LogP contribution is -2.52. The summed E-state index contributed by atoms with van der Waals surface area (Å²) in [6, 6.07) is -0.797. The molecule has 2 saturated heterocycles. The number of likely N-dealkylation sites (tertiary alicyclic amines) is 1. The Morgan fingerprint density at radius 1 is 1.19 bits per heavy atom. The fourth-order valence-corrected chi connectivity index (χ4v) is 2.70. The first-order valence-corrected chi connectivity index (χ1v) is 7.24. The average molecular weight is 298 g/mol. The van der Waals surface area contributed by atoms with Crippen molar-refractivity contribution in [3.05, 3.63) is 0 Å². The van der Waals surface area contributed by atoms with E-state index in [4.69, 9.17) is 4.74 Å². The van der Waals surface area contributed by atoms with Gasteiger partial charge >= 0.3 is 6.03 Å². The number of amides is 4. The molecule has 8 heteroatoms. The van der Waals surface area contributed by atoms with E-state index < -0.39 is 11.9 Å². The molecule has 2 N–H and O–H groups in total. The van der Waals surface area contributed by atoms with Gasteiger partial charge in [0.25, 0.3) is 0 Å². The Labute approximate surface area is 123 Å². The van der Waals surface area contributed by atoms with Crippen molar-refractivity contribution in [3.8, 4) is 0 Å². The maximum Gasteiger partial charge on any atom is 0.321 e. The molecule has 8 nitrogen and oxygen atoms in total. The highest BCUT2D eigenvalue weighted by Crippen LogP contribution is 2.19. The fraction of sp³-hybridized carbons (Fsp3) is 0.769. The molecule has 2 aliphatic rings. The first kappa shape index (κ1) is 15.7. The number of morpholine rings is 1. The summed E-state index contributed by atoms with van der Waals surface area (Å²) in [5.74, 6) is -0.334. The van der Waals surface area contributed by atoms with E-state index in [9.17, 15) is 14.4 Å². The summed E-state index contributed by atoms with van der Waals surface area (Å²) in [5.41, 5.74) is 0. The maximum atomic E-state index is 12.5. The van der Waals surface area contributed by atoms with Crippen LogP contribution in [0.1, 0.15) is 12.8 Å². The number of ether oxygens (including phenoxy) is 1. The van der Waals surface area contributed by atoms with Crippen LogP contribution < -0.4 is 10.6 Å². The second kappa shape index (κ2) is 7.37. The molecular formula is C13H22N4O4. The standard InChI is InChI=1S/C13H22N4O4/c1-14-13(20)15-11(18)9-17-4-2-3-10(17)12(19)16-5-7-21-8-6-16/h10H,2-9H2,1H3,(H2,14,15,18,20)/t10-/m0/s1. The van der Waals surface area contributed by atoms with Crippen LogP contribution in [0.4, 0.5) is 4.79 Å². The second-order valence-corrected chi connectivity index (χ2v) is 5.19. The minimum absolute atomic E-state index is 0.0588. The Morgan fingerprint density at radius 3 is 2.57 bits per heavy atom. The molecule has 4 amide bonds. The highest BCUT2D eigenvalue weighted by Gasteiger charge is 2.35.